The van der Waals surface area contributed by atoms with Crippen molar-refractivity contribution in [1.29, 1.82) is 0 Å². The van der Waals surface area contributed by atoms with Gasteiger partial charge >= 0.3 is 0 Å². The van der Waals surface area contributed by atoms with Gasteiger partial charge in [-0.1, -0.05) is 0 Å². The summed E-state index contributed by atoms with van der Waals surface area (Å²) in [6, 6.07) is 6.99. The first-order chi connectivity index (χ1) is 8.58. The normalized spacial score (nSPS) is 10.2. The van der Waals surface area contributed by atoms with Gasteiger partial charge in [-0.3, -0.25) is 14.9 Å². The highest BCUT2D eigenvalue weighted by Crippen LogP contribution is 2.19. The monoisotopic (exact) mass is 246 g/mol. The predicted octanol–water partition coefficient (Wildman–Crippen LogP) is 0.782. The van der Waals surface area contributed by atoms with Crippen LogP contribution in [0.3, 0.4) is 0 Å². The van der Waals surface area contributed by atoms with E-state index >= 15 is 0 Å². The van der Waals surface area contributed by atoms with Crippen molar-refractivity contribution in [3.63, 3.8) is 0 Å². The minimum absolute atomic E-state index is 0.0665. The standard InChI is InChI=1S/C11H10N4O3/c12-10-4-3-9(15(17)18)6-8(10)7-14-11(16)2-1-5-13-14/h1-6H,7,12H2. The lowest BCUT2D eigenvalue weighted by Gasteiger charge is -2.06. The molecule has 0 saturated heterocycles. The smallest absolute Gasteiger partial charge is 0.269 e. The Labute approximate surface area is 102 Å². The third-order valence-corrected chi connectivity index (χ3v) is 2.44. The van der Waals surface area contributed by atoms with Crippen molar-refractivity contribution in [2.75, 3.05) is 5.73 Å². The molecule has 0 aliphatic carbocycles. The summed E-state index contributed by atoms with van der Waals surface area (Å²) >= 11 is 0. The number of aromatic nitrogens is 2. The van der Waals surface area contributed by atoms with E-state index in [2.05, 4.69) is 5.10 Å². The summed E-state index contributed by atoms with van der Waals surface area (Å²) in [6.45, 7) is 0.104. The maximum absolute atomic E-state index is 11.5. The van der Waals surface area contributed by atoms with Crippen LogP contribution in [0, 0.1) is 10.1 Å². The molecule has 7 heteroatoms. The molecule has 0 amide bonds. The van der Waals surface area contributed by atoms with Crippen molar-refractivity contribution < 1.29 is 4.92 Å². The molecule has 2 aromatic rings. The van der Waals surface area contributed by atoms with E-state index in [0.29, 0.717) is 11.3 Å². The Bertz CT molecular complexity index is 651. The molecule has 0 saturated carbocycles. The summed E-state index contributed by atoms with van der Waals surface area (Å²) < 4.78 is 1.19. The third-order valence-electron chi connectivity index (χ3n) is 2.44. The maximum atomic E-state index is 11.5. The molecule has 0 radical (unpaired) electrons. The number of nitro benzene ring substituents is 1. The first-order valence-electron chi connectivity index (χ1n) is 5.13. The van der Waals surface area contributed by atoms with E-state index in [1.54, 1.807) is 0 Å². The average molecular weight is 246 g/mol. The van der Waals surface area contributed by atoms with Crippen molar-refractivity contribution in [3.8, 4) is 0 Å². The minimum Gasteiger partial charge on any atom is -0.398 e. The van der Waals surface area contributed by atoms with Crippen molar-refractivity contribution in [1.82, 2.24) is 9.78 Å². The van der Waals surface area contributed by atoms with Crippen molar-refractivity contribution in [3.05, 3.63) is 62.6 Å². The van der Waals surface area contributed by atoms with E-state index in [0.717, 1.165) is 0 Å². The number of nitrogens with zero attached hydrogens (tertiary/aromatic N) is 3. The second kappa shape index (κ2) is 4.66. The highest BCUT2D eigenvalue weighted by atomic mass is 16.6. The molecule has 1 heterocycles. The Kier molecular flexibility index (Phi) is 3.05. The van der Waals surface area contributed by atoms with Gasteiger partial charge in [0.15, 0.2) is 0 Å². The van der Waals surface area contributed by atoms with Crippen LogP contribution in [0.5, 0.6) is 0 Å². The number of benzene rings is 1. The van der Waals surface area contributed by atoms with Gasteiger partial charge < -0.3 is 5.73 Å². The van der Waals surface area contributed by atoms with Crippen LogP contribution in [0.15, 0.2) is 41.3 Å². The van der Waals surface area contributed by atoms with Gasteiger partial charge in [-0.25, -0.2) is 4.68 Å². The number of hydrogen-bond donors (Lipinski definition) is 1. The van der Waals surface area contributed by atoms with Crippen molar-refractivity contribution in [2.45, 2.75) is 6.54 Å². The molecule has 0 bridgehead atoms. The van der Waals surface area contributed by atoms with Gasteiger partial charge in [0.05, 0.1) is 11.5 Å². The summed E-state index contributed by atoms with van der Waals surface area (Å²) in [5, 5.41) is 14.5. The number of non-ortho nitro benzene ring substituents is 1. The molecule has 2 rings (SSSR count). The van der Waals surface area contributed by atoms with Crippen LogP contribution >= 0.6 is 0 Å². The Hall–Kier alpha value is -2.70. The van der Waals surface area contributed by atoms with Gasteiger partial charge in [-0.15, -0.1) is 0 Å². The van der Waals surface area contributed by atoms with Crippen LogP contribution in [-0.4, -0.2) is 14.7 Å². The lowest BCUT2D eigenvalue weighted by molar-refractivity contribution is -0.384. The summed E-state index contributed by atoms with van der Waals surface area (Å²) in [7, 11) is 0. The fourth-order valence-electron chi connectivity index (χ4n) is 1.51. The lowest BCUT2D eigenvalue weighted by Crippen LogP contribution is -2.22. The average Bonchev–Trinajstić information content (AvgIpc) is 2.34. The van der Waals surface area contributed by atoms with Crippen LogP contribution in [0.1, 0.15) is 5.56 Å². The molecular formula is C11H10N4O3. The maximum Gasteiger partial charge on any atom is 0.269 e. The van der Waals surface area contributed by atoms with Gasteiger partial charge in [0.1, 0.15) is 0 Å². The summed E-state index contributed by atoms with van der Waals surface area (Å²) in [4.78, 5) is 21.6. The number of nitro groups is 1. The number of nitrogen functional groups attached to an aromatic ring is 1. The largest absolute Gasteiger partial charge is 0.398 e. The van der Waals surface area contributed by atoms with E-state index in [9.17, 15) is 14.9 Å². The molecule has 0 aliphatic rings. The topological polar surface area (TPSA) is 104 Å². The Balaban J connectivity index is 2.40. The van der Waals surface area contributed by atoms with E-state index in [1.807, 2.05) is 0 Å². The van der Waals surface area contributed by atoms with Crippen LogP contribution < -0.4 is 11.3 Å². The molecule has 1 aromatic carbocycles. The van der Waals surface area contributed by atoms with Gasteiger partial charge in [0.2, 0.25) is 0 Å². The molecule has 0 spiro atoms. The number of rotatable bonds is 3. The first kappa shape index (κ1) is 11.8. The Morgan fingerprint density at radius 1 is 1.39 bits per heavy atom. The zero-order chi connectivity index (χ0) is 13.1. The number of hydrogen-bond acceptors (Lipinski definition) is 5. The van der Waals surface area contributed by atoms with Crippen molar-refractivity contribution >= 4 is 11.4 Å². The fraction of sp³-hybridized carbons (Fsp3) is 0.0909. The van der Waals surface area contributed by atoms with E-state index < -0.39 is 4.92 Å². The summed E-state index contributed by atoms with van der Waals surface area (Å²) in [5.74, 6) is 0. The molecule has 2 N–H and O–H groups in total. The van der Waals surface area contributed by atoms with Crippen LogP contribution in [-0.2, 0) is 6.54 Å². The van der Waals surface area contributed by atoms with Crippen molar-refractivity contribution in [2.24, 2.45) is 0 Å². The Morgan fingerprint density at radius 2 is 2.17 bits per heavy atom. The summed E-state index contributed by atoms with van der Waals surface area (Å²) in [5.41, 5.74) is 6.24. The SMILES string of the molecule is Nc1ccc([N+](=O)[O-])cc1Cn1ncccc1=O. The molecular weight excluding hydrogens is 236 g/mol. The van der Waals surface area contributed by atoms with Gasteiger partial charge in [-0.05, 0) is 12.1 Å². The lowest BCUT2D eigenvalue weighted by atomic mass is 10.1. The third kappa shape index (κ3) is 2.34. The van der Waals surface area contributed by atoms with Gasteiger partial charge in [-0.2, -0.15) is 5.10 Å². The predicted molar refractivity (Wildman–Crippen MR) is 65.1 cm³/mol. The molecule has 92 valence electrons. The molecule has 7 nitrogen and oxygen atoms in total. The van der Waals surface area contributed by atoms with E-state index in [1.165, 1.54) is 41.2 Å². The number of nitrogens with two attached hydrogens (primary N) is 1. The minimum atomic E-state index is -0.510. The highest BCUT2D eigenvalue weighted by Gasteiger charge is 2.10. The highest BCUT2D eigenvalue weighted by molar-refractivity contribution is 5.52. The zero-order valence-electron chi connectivity index (χ0n) is 9.31. The van der Waals surface area contributed by atoms with Crippen LogP contribution in [0.25, 0.3) is 0 Å². The van der Waals surface area contributed by atoms with E-state index in [-0.39, 0.29) is 17.8 Å². The first-order valence-corrected chi connectivity index (χ1v) is 5.13. The van der Waals surface area contributed by atoms with E-state index in [4.69, 9.17) is 5.73 Å². The summed E-state index contributed by atoms with van der Waals surface area (Å²) in [6.07, 6.45) is 1.47. The number of anilines is 1. The van der Waals surface area contributed by atoms with Crippen LogP contribution in [0.2, 0.25) is 0 Å². The fourth-order valence-corrected chi connectivity index (χ4v) is 1.51. The molecule has 0 aliphatic heterocycles. The van der Waals surface area contributed by atoms with Crippen LogP contribution in [0.4, 0.5) is 11.4 Å². The molecule has 1 aromatic heterocycles. The molecule has 18 heavy (non-hydrogen) atoms. The zero-order valence-corrected chi connectivity index (χ0v) is 9.31. The quantitative estimate of drug-likeness (QED) is 0.489. The molecule has 0 unspecified atom stereocenters. The molecule has 0 fully saturated rings. The second-order valence-corrected chi connectivity index (χ2v) is 3.66. The molecule has 0 atom stereocenters. The Morgan fingerprint density at radius 3 is 2.83 bits per heavy atom. The van der Waals surface area contributed by atoms with Gasteiger partial charge in [0, 0.05) is 35.6 Å². The van der Waals surface area contributed by atoms with Gasteiger partial charge in [0.25, 0.3) is 11.2 Å². The second-order valence-electron chi connectivity index (χ2n) is 3.66.